The van der Waals surface area contributed by atoms with E-state index in [0.717, 1.165) is 11.3 Å². The number of carbonyl (C=O) groups excluding carboxylic acids is 1. The number of nitrogens with one attached hydrogen (secondary N) is 1. The Morgan fingerprint density at radius 2 is 1.83 bits per heavy atom. The quantitative estimate of drug-likeness (QED) is 0.862. The Morgan fingerprint density at radius 3 is 2.54 bits per heavy atom. The first kappa shape index (κ1) is 16.5. The average Bonchev–Trinajstić information content (AvgIpc) is 2.81. The molecule has 24 heavy (non-hydrogen) atoms. The zero-order chi connectivity index (χ0) is 17.2. The highest BCUT2D eigenvalue weighted by Gasteiger charge is 2.40. The molecule has 5 nitrogen and oxygen atoms in total. The van der Waals surface area contributed by atoms with Gasteiger partial charge >= 0.3 is 5.97 Å². The summed E-state index contributed by atoms with van der Waals surface area (Å²) in [6.07, 6.45) is -0.705. The van der Waals surface area contributed by atoms with Gasteiger partial charge in [-0.05, 0) is 36.8 Å². The molecule has 2 atom stereocenters. The molecule has 0 unspecified atom stereocenters. The minimum absolute atomic E-state index is 0.0479. The molecule has 1 saturated heterocycles. The molecule has 1 N–H and O–H groups in total. The van der Waals surface area contributed by atoms with Gasteiger partial charge in [-0.25, -0.2) is 13.2 Å². The summed E-state index contributed by atoms with van der Waals surface area (Å²) in [6, 6.07) is 15.8. The van der Waals surface area contributed by atoms with Crippen molar-refractivity contribution in [2.45, 2.75) is 19.1 Å². The van der Waals surface area contributed by atoms with Crippen LogP contribution in [0.2, 0.25) is 0 Å². The summed E-state index contributed by atoms with van der Waals surface area (Å²) < 4.78 is 29.5. The second-order valence-corrected chi connectivity index (χ2v) is 8.16. The summed E-state index contributed by atoms with van der Waals surface area (Å²) in [6.45, 7) is 1.96. The molecule has 0 aliphatic carbocycles. The Bertz CT molecular complexity index is 833. The van der Waals surface area contributed by atoms with E-state index in [4.69, 9.17) is 4.74 Å². The minimum Gasteiger partial charge on any atom is -0.455 e. The second-order valence-electron chi connectivity index (χ2n) is 6.01. The molecule has 126 valence electrons. The van der Waals surface area contributed by atoms with Crippen molar-refractivity contribution in [2.24, 2.45) is 0 Å². The van der Waals surface area contributed by atoms with Gasteiger partial charge < -0.3 is 10.1 Å². The number of esters is 1. The van der Waals surface area contributed by atoms with E-state index in [1.165, 1.54) is 0 Å². The fraction of sp³-hybridized carbons (Fsp3) is 0.278. The van der Waals surface area contributed by atoms with Gasteiger partial charge in [-0.3, -0.25) is 0 Å². The van der Waals surface area contributed by atoms with Gasteiger partial charge in [-0.1, -0.05) is 30.3 Å². The van der Waals surface area contributed by atoms with Crippen molar-refractivity contribution in [3.05, 3.63) is 65.7 Å². The molecule has 1 fully saturated rings. The lowest BCUT2D eigenvalue weighted by molar-refractivity contribution is 0.0336. The fourth-order valence-electron chi connectivity index (χ4n) is 2.79. The number of benzene rings is 2. The first-order valence-corrected chi connectivity index (χ1v) is 9.55. The van der Waals surface area contributed by atoms with Gasteiger partial charge in [0.05, 0.1) is 23.1 Å². The Kier molecular flexibility index (Phi) is 4.57. The maximum absolute atomic E-state index is 12.2. The number of sulfone groups is 1. The molecule has 1 heterocycles. The van der Waals surface area contributed by atoms with Crippen molar-refractivity contribution >= 4 is 21.5 Å². The van der Waals surface area contributed by atoms with Crippen LogP contribution in [0.4, 0.5) is 5.69 Å². The van der Waals surface area contributed by atoms with Gasteiger partial charge in [0, 0.05) is 5.69 Å². The van der Waals surface area contributed by atoms with Crippen LogP contribution in [0.1, 0.15) is 15.9 Å². The standard InChI is InChI=1S/C18H19NO4S/c1-13-6-5-9-15(10-13)19-16-11-24(21,22)12-17(16)23-18(20)14-7-3-2-4-8-14/h2-10,16-17,19H,11-12H2,1H3/t16-,17+/m1/s1. The monoisotopic (exact) mass is 345 g/mol. The highest BCUT2D eigenvalue weighted by atomic mass is 32.2. The summed E-state index contributed by atoms with van der Waals surface area (Å²) >= 11 is 0. The zero-order valence-corrected chi connectivity index (χ0v) is 14.1. The maximum Gasteiger partial charge on any atom is 0.338 e. The van der Waals surface area contributed by atoms with Crippen molar-refractivity contribution < 1.29 is 17.9 Å². The molecule has 0 spiro atoms. The smallest absolute Gasteiger partial charge is 0.338 e. The van der Waals surface area contributed by atoms with Crippen molar-refractivity contribution in [1.29, 1.82) is 0 Å². The van der Waals surface area contributed by atoms with Gasteiger partial charge in [0.2, 0.25) is 0 Å². The van der Waals surface area contributed by atoms with Gasteiger partial charge in [0.15, 0.2) is 9.84 Å². The number of hydrogen-bond donors (Lipinski definition) is 1. The van der Waals surface area contributed by atoms with E-state index in [1.807, 2.05) is 31.2 Å². The lowest BCUT2D eigenvalue weighted by atomic mass is 10.1. The van der Waals surface area contributed by atoms with Crippen LogP contribution in [0.5, 0.6) is 0 Å². The lowest BCUT2D eigenvalue weighted by Crippen LogP contribution is -2.36. The van der Waals surface area contributed by atoms with E-state index < -0.39 is 28.0 Å². The summed E-state index contributed by atoms with van der Waals surface area (Å²) in [7, 11) is -3.24. The molecular formula is C18H19NO4S. The second kappa shape index (κ2) is 6.65. The van der Waals surface area contributed by atoms with E-state index in [9.17, 15) is 13.2 Å². The molecule has 0 radical (unpaired) electrons. The van der Waals surface area contributed by atoms with Crippen LogP contribution in [0, 0.1) is 6.92 Å². The third-order valence-corrected chi connectivity index (χ3v) is 5.64. The Labute approximate surface area is 141 Å². The van der Waals surface area contributed by atoms with Crippen molar-refractivity contribution in [3.63, 3.8) is 0 Å². The third-order valence-electron chi connectivity index (χ3n) is 3.94. The molecule has 6 heteroatoms. The van der Waals surface area contributed by atoms with E-state index >= 15 is 0 Å². The van der Waals surface area contributed by atoms with Crippen LogP contribution in [-0.2, 0) is 14.6 Å². The largest absolute Gasteiger partial charge is 0.455 e. The van der Waals surface area contributed by atoms with Crippen LogP contribution < -0.4 is 5.32 Å². The summed E-state index contributed by atoms with van der Waals surface area (Å²) in [5.74, 6) is -0.711. The molecule has 1 aliphatic rings. The van der Waals surface area contributed by atoms with Crippen LogP contribution in [0.3, 0.4) is 0 Å². The predicted octanol–water partition coefficient (Wildman–Crippen LogP) is 2.43. The number of hydrogen-bond acceptors (Lipinski definition) is 5. The van der Waals surface area contributed by atoms with Crippen LogP contribution in [0.15, 0.2) is 54.6 Å². The average molecular weight is 345 g/mol. The first-order valence-electron chi connectivity index (χ1n) is 7.73. The fourth-order valence-corrected chi connectivity index (χ4v) is 4.58. The topological polar surface area (TPSA) is 72.5 Å². The molecule has 0 aromatic heterocycles. The molecule has 0 bridgehead atoms. The van der Waals surface area contributed by atoms with Crippen molar-refractivity contribution in [2.75, 3.05) is 16.8 Å². The number of rotatable bonds is 4. The van der Waals surface area contributed by atoms with Gasteiger partial charge in [0.1, 0.15) is 6.10 Å². The SMILES string of the molecule is Cc1cccc(N[C@@H]2CS(=O)(=O)C[C@@H]2OC(=O)c2ccccc2)c1. The van der Waals surface area contributed by atoms with Crippen LogP contribution in [-0.4, -0.2) is 38.0 Å². The Morgan fingerprint density at radius 1 is 1.08 bits per heavy atom. The highest BCUT2D eigenvalue weighted by Crippen LogP contribution is 2.22. The predicted molar refractivity (Wildman–Crippen MR) is 92.9 cm³/mol. The summed E-state index contributed by atoms with van der Waals surface area (Å²) in [5.41, 5.74) is 2.30. The van der Waals surface area contributed by atoms with E-state index in [0.29, 0.717) is 5.56 Å². The summed E-state index contributed by atoms with van der Waals surface area (Å²) in [4.78, 5) is 12.2. The normalized spacial score (nSPS) is 22.0. The van der Waals surface area contributed by atoms with Crippen molar-refractivity contribution in [1.82, 2.24) is 0 Å². The number of aryl methyl sites for hydroxylation is 1. The maximum atomic E-state index is 12.2. The molecule has 2 aromatic rings. The Balaban J connectivity index is 1.76. The number of anilines is 1. The third kappa shape index (κ3) is 3.94. The van der Waals surface area contributed by atoms with E-state index in [2.05, 4.69) is 5.32 Å². The minimum atomic E-state index is -3.24. The molecule has 2 aromatic carbocycles. The molecule has 1 aliphatic heterocycles. The van der Waals surface area contributed by atoms with Gasteiger partial charge in [0.25, 0.3) is 0 Å². The first-order chi connectivity index (χ1) is 11.4. The molecule has 0 saturated carbocycles. The highest BCUT2D eigenvalue weighted by molar-refractivity contribution is 7.91. The van der Waals surface area contributed by atoms with Gasteiger partial charge in [-0.2, -0.15) is 0 Å². The lowest BCUT2D eigenvalue weighted by Gasteiger charge is -2.21. The van der Waals surface area contributed by atoms with Crippen LogP contribution >= 0.6 is 0 Å². The van der Waals surface area contributed by atoms with E-state index in [1.54, 1.807) is 30.3 Å². The van der Waals surface area contributed by atoms with Crippen molar-refractivity contribution in [3.8, 4) is 0 Å². The zero-order valence-electron chi connectivity index (χ0n) is 13.3. The number of carbonyl (C=O) groups is 1. The number of ether oxygens (including phenoxy) is 1. The molecule has 3 rings (SSSR count). The van der Waals surface area contributed by atoms with Crippen LogP contribution in [0.25, 0.3) is 0 Å². The Hall–Kier alpha value is -2.34. The molecule has 0 amide bonds. The van der Waals surface area contributed by atoms with Gasteiger partial charge in [-0.15, -0.1) is 0 Å². The molecular weight excluding hydrogens is 326 g/mol. The van der Waals surface area contributed by atoms with E-state index in [-0.39, 0.29) is 11.5 Å². The summed E-state index contributed by atoms with van der Waals surface area (Å²) in [5, 5.41) is 3.19.